The molecule has 0 aromatic heterocycles. The Kier molecular flexibility index (Phi) is 13.7. The maximum Gasteiger partial charge on any atom is 0.296 e. The van der Waals surface area contributed by atoms with E-state index in [1.807, 2.05) is 13.8 Å². The molecule has 0 bridgehead atoms. The van der Waals surface area contributed by atoms with Crippen LogP contribution < -0.4 is 0 Å². The molecule has 0 saturated carbocycles. The zero-order valence-corrected chi connectivity index (χ0v) is 23.9. The topological polar surface area (TPSA) is 241 Å². The minimum Gasteiger partial charge on any atom is -0.506 e. The second-order valence-corrected chi connectivity index (χ2v) is 11.4. The van der Waals surface area contributed by atoms with E-state index in [4.69, 9.17) is 0 Å². The summed E-state index contributed by atoms with van der Waals surface area (Å²) in [6.07, 6.45) is 1.25. The van der Waals surface area contributed by atoms with E-state index in [0.717, 1.165) is 6.07 Å². The summed E-state index contributed by atoms with van der Waals surface area (Å²) in [5.74, 6) is -1.45. The van der Waals surface area contributed by atoms with Gasteiger partial charge in [0.15, 0.2) is 5.75 Å². The molecule has 0 unspecified atom stereocenters. The molecule has 0 fully saturated rings. The number of phenols is 2. The van der Waals surface area contributed by atoms with Crippen molar-refractivity contribution in [2.24, 2.45) is 10.2 Å². The van der Waals surface area contributed by atoms with E-state index in [-0.39, 0.29) is 28.5 Å². The van der Waals surface area contributed by atoms with Crippen LogP contribution in [0.15, 0.2) is 67.4 Å². The van der Waals surface area contributed by atoms with E-state index in [1.54, 1.807) is 0 Å². The number of rotatable bonds is 5. The predicted molar refractivity (Wildman–Crippen MR) is 143 cm³/mol. The molecule has 0 atom stereocenters. The van der Waals surface area contributed by atoms with Crippen molar-refractivity contribution in [1.82, 2.24) is 0 Å². The summed E-state index contributed by atoms with van der Waals surface area (Å²) in [7, 11) is -14.3. The van der Waals surface area contributed by atoms with Crippen LogP contribution in [-0.4, -0.2) is 50.5 Å². The number of benzene rings is 3. The molecule has 1 radical (unpaired) electrons. The molecule has 3 aromatic carbocycles. The van der Waals surface area contributed by atoms with Crippen LogP contribution in [0.2, 0.25) is 0 Å². The third-order valence-electron chi connectivity index (χ3n) is 4.12. The molecule has 17 heteroatoms. The van der Waals surface area contributed by atoms with Crippen molar-refractivity contribution in [2.45, 2.75) is 48.8 Å². The Hall–Kier alpha value is -1.99. The van der Waals surface area contributed by atoms with Crippen molar-refractivity contribution in [1.29, 1.82) is 0 Å². The molecular weight excluding hydrogens is 616 g/mol. The van der Waals surface area contributed by atoms with Gasteiger partial charge in [0.05, 0.1) is 9.79 Å². The number of hydrogen-bond acceptors (Lipinski definition) is 12. The van der Waals surface area contributed by atoms with Crippen molar-refractivity contribution in [3.05, 3.63) is 42.5 Å². The zero-order valence-electron chi connectivity index (χ0n) is 20.5. The van der Waals surface area contributed by atoms with E-state index in [9.17, 15) is 50.5 Å². The fourth-order valence-electron chi connectivity index (χ4n) is 2.74. The van der Waals surface area contributed by atoms with Crippen LogP contribution in [0.25, 0.3) is 10.8 Å². The fourth-order valence-corrected chi connectivity index (χ4v) is 4.81. The average molecular weight is 646 g/mol. The van der Waals surface area contributed by atoms with Crippen LogP contribution in [0, 0.1) is 0 Å². The Bertz CT molecular complexity index is 1370. The SMILES string of the molecule is CC.CCC.O=S(=O)(O)c1cc2cc(S(O)(O)O)cc(S(O)(O)O)c2c(O)c1N=Nc1ccccc1O.[Cu]. The first-order valence-corrected chi connectivity index (χ1v) is 15.0. The number of nitrogens with zero attached hydrogens (tertiary/aromatic N) is 2. The van der Waals surface area contributed by atoms with E-state index < -0.39 is 68.8 Å². The summed E-state index contributed by atoms with van der Waals surface area (Å²) in [4.78, 5) is -2.69. The average Bonchev–Trinajstić information content (AvgIpc) is 2.78. The smallest absolute Gasteiger partial charge is 0.296 e. The molecule has 38 heavy (non-hydrogen) atoms. The van der Waals surface area contributed by atoms with Crippen LogP contribution in [0.4, 0.5) is 11.4 Å². The Morgan fingerprint density at radius 2 is 1.29 bits per heavy atom. The minimum atomic E-state index is -5.10. The van der Waals surface area contributed by atoms with Crippen molar-refractivity contribution in [3.63, 3.8) is 0 Å². The first kappa shape index (κ1) is 36.0. The van der Waals surface area contributed by atoms with Crippen molar-refractivity contribution in [3.8, 4) is 11.5 Å². The Balaban J connectivity index is 0.00000213. The van der Waals surface area contributed by atoms with Gasteiger partial charge in [-0.25, -0.2) is 0 Å². The molecule has 3 aromatic rings. The molecule has 9 N–H and O–H groups in total. The molecule has 0 saturated heterocycles. The van der Waals surface area contributed by atoms with Gasteiger partial charge in [0.25, 0.3) is 10.1 Å². The predicted octanol–water partition coefficient (Wildman–Crippen LogP) is 7.52. The largest absolute Gasteiger partial charge is 0.506 e. The van der Waals surface area contributed by atoms with Gasteiger partial charge in [0, 0.05) is 22.5 Å². The first-order valence-electron chi connectivity index (χ1n) is 10.5. The van der Waals surface area contributed by atoms with Gasteiger partial charge in [0.1, 0.15) is 43.8 Å². The van der Waals surface area contributed by atoms with Gasteiger partial charge in [-0.3, -0.25) is 4.55 Å². The Labute approximate surface area is 233 Å². The molecule has 0 spiro atoms. The summed E-state index contributed by atoms with van der Waals surface area (Å²) < 4.78 is 91.2. The number of hydrogen-bond donors (Lipinski definition) is 9. The molecule has 219 valence electrons. The summed E-state index contributed by atoms with van der Waals surface area (Å²) >= 11 is 0. The van der Waals surface area contributed by atoms with Gasteiger partial charge in [0.2, 0.25) is 0 Å². The van der Waals surface area contributed by atoms with Crippen molar-refractivity contribution < 1.29 is 67.6 Å². The number of para-hydroxylation sites is 1. The van der Waals surface area contributed by atoms with E-state index >= 15 is 0 Å². The monoisotopic (exact) mass is 645 g/mol. The van der Waals surface area contributed by atoms with Crippen LogP contribution >= 0.6 is 21.7 Å². The quantitative estimate of drug-likeness (QED) is 0.0746. The maximum absolute atomic E-state index is 11.9. The van der Waals surface area contributed by atoms with E-state index in [2.05, 4.69) is 24.1 Å². The summed E-state index contributed by atoms with van der Waals surface area (Å²) in [6.45, 7) is 8.25. The van der Waals surface area contributed by atoms with Crippen LogP contribution in [0.1, 0.15) is 34.1 Å². The Morgan fingerprint density at radius 1 is 0.763 bits per heavy atom. The molecule has 0 aliphatic rings. The molecular formula is C21H30CuN2O11S3. The van der Waals surface area contributed by atoms with Crippen molar-refractivity contribution in [2.75, 3.05) is 0 Å². The van der Waals surface area contributed by atoms with Gasteiger partial charge < -0.3 is 37.5 Å². The molecule has 0 heterocycles. The third kappa shape index (κ3) is 9.04. The summed E-state index contributed by atoms with van der Waals surface area (Å²) in [5.41, 5.74) is -1.04. The third-order valence-corrected chi connectivity index (χ3v) is 6.76. The van der Waals surface area contributed by atoms with Crippen LogP contribution in [-0.2, 0) is 27.2 Å². The van der Waals surface area contributed by atoms with Crippen LogP contribution in [0.5, 0.6) is 11.5 Å². The van der Waals surface area contributed by atoms with Crippen molar-refractivity contribution >= 4 is 54.0 Å². The van der Waals surface area contributed by atoms with Gasteiger partial charge >= 0.3 is 0 Å². The summed E-state index contributed by atoms with van der Waals surface area (Å²) in [5, 5.41) is 26.6. The first-order chi connectivity index (χ1) is 17.0. The number of fused-ring (bicyclic) bond motifs is 1. The number of phenolic OH excluding ortho intramolecular Hbond substituents is 2. The number of aromatic hydroxyl groups is 2. The van der Waals surface area contributed by atoms with Gasteiger partial charge in [-0.05, 0) is 35.7 Å². The summed E-state index contributed by atoms with van der Waals surface area (Å²) in [6, 6.07) is 7.47. The Morgan fingerprint density at radius 3 is 1.74 bits per heavy atom. The molecule has 13 nitrogen and oxygen atoms in total. The molecule has 3 rings (SSSR count). The standard InChI is InChI=1S/C16H16N2O11S3.C3H8.C2H6.Cu/c19-11-4-2-1-3-10(11)17-18-15-13(32(27,28)29)6-8-5-9(30(21,22)23)7-12(31(24,25)26)14(8)16(15)20;1-3-2;1-2;/h1-7,19-26H,(H,27,28,29);3H2,1-2H3;1-2H3;. The normalized spacial score (nSPS) is 12.6. The van der Waals surface area contributed by atoms with Gasteiger partial charge in [-0.15, -0.1) is 10.2 Å². The van der Waals surface area contributed by atoms with Gasteiger partial charge in [-0.2, -0.15) is 8.42 Å². The van der Waals surface area contributed by atoms with Gasteiger partial charge in [-0.1, -0.05) is 46.2 Å². The molecule has 0 aliphatic carbocycles. The van der Waals surface area contributed by atoms with E-state index in [0.29, 0.717) is 12.1 Å². The molecule has 0 aliphatic heterocycles. The number of azo groups is 1. The second kappa shape index (κ2) is 14.4. The zero-order chi connectivity index (χ0) is 28.8. The molecule has 0 amide bonds. The van der Waals surface area contributed by atoms with Crippen LogP contribution in [0.3, 0.4) is 0 Å². The fraction of sp³-hybridized carbons (Fsp3) is 0.238. The minimum absolute atomic E-state index is 0. The maximum atomic E-state index is 11.9. The second-order valence-electron chi connectivity index (χ2n) is 7.00. The van der Waals surface area contributed by atoms with E-state index in [1.165, 1.54) is 30.7 Å².